The quantitative estimate of drug-likeness (QED) is 0.230. The summed E-state index contributed by atoms with van der Waals surface area (Å²) in [6.45, 7) is 1.64. The van der Waals surface area contributed by atoms with E-state index in [-0.39, 0.29) is 17.4 Å². The molecule has 0 aliphatic carbocycles. The van der Waals surface area contributed by atoms with Crippen LogP contribution in [0.4, 0.5) is 5.69 Å². The Morgan fingerprint density at radius 1 is 1.19 bits per heavy atom. The molecule has 0 aliphatic rings. The number of para-hydroxylation sites is 1. The molecule has 7 nitrogen and oxygen atoms in total. The number of carbonyl (C=O) groups excluding carboxylic acids is 1. The molecule has 0 fully saturated rings. The van der Waals surface area contributed by atoms with Crippen LogP contribution in [-0.2, 0) is 25.3 Å². The van der Waals surface area contributed by atoms with Gasteiger partial charge in [0.15, 0.2) is 12.5 Å². The first-order chi connectivity index (χ1) is 15.4. The van der Waals surface area contributed by atoms with E-state index < -0.39 is 17.0 Å². The average molecular weight is 470 g/mol. The lowest BCUT2D eigenvalue weighted by Gasteiger charge is -2.07. The van der Waals surface area contributed by atoms with Crippen molar-refractivity contribution in [2.24, 2.45) is 10.7 Å². The number of allylic oxidation sites excluding steroid dienone is 1. The standard InChI is InChI=1S/C23H22N2O5S2/c1-15-6-3-4-9-18(15)25-19(13-22(24)30-14-23(26)29-2)21-11-10-20(31-21)16-7-5-8-17(12-16)32(27)28/h3-13H,14,24H2,1-2H3,(H,27,28)/p-1. The van der Waals surface area contributed by atoms with Gasteiger partial charge in [-0.1, -0.05) is 30.3 Å². The molecule has 2 aromatic carbocycles. The number of methoxy groups -OCH3 is 1. The van der Waals surface area contributed by atoms with Crippen LogP contribution in [0.15, 0.2) is 82.5 Å². The highest BCUT2D eigenvalue weighted by atomic mass is 32.2. The van der Waals surface area contributed by atoms with Crippen LogP contribution in [0, 0.1) is 6.92 Å². The number of hydrogen-bond donors (Lipinski definition) is 1. The Hall–Kier alpha value is -3.27. The zero-order valence-electron chi connectivity index (χ0n) is 17.4. The lowest BCUT2D eigenvalue weighted by atomic mass is 10.2. The summed E-state index contributed by atoms with van der Waals surface area (Å²) >= 11 is -0.877. The molecule has 0 saturated heterocycles. The number of ether oxygens (including phenoxy) is 2. The average Bonchev–Trinajstić information content (AvgIpc) is 3.29. The van der Waals surface area contributed by atoms with Crippen molar-refractivity contribution in [3.05, 3.63) is 83.1 Å². The molecule has 2 N–H and O–H groups in total. The van der Waals surface area contributed by atoms with Gasteiger partial charge in [0.1, 0.15) is 0 Å². The van der Waals surface area contributed by atoms with Crippen LogP contribution >= 0.6 is 11.3 Å². The third-order valence-electron chi connectivity index (χ3n) is 4.39. The van der Waals surface area contributed by atoms with E-state index in [0.29, 0.717) is 5.71 Å². The topological polar surface area (TPSA) is 114 Å². The van der Waals surface area contributed by atoms with Crippen LogP contribution in [0.5, 0.6) is 0 Å². The van der Waals surface area contributed by atoms with E-state index in [1.807, 2.05) is 49.4 Å². The van der Waals surface area contributed by atoms with Crippen LogP contribution in [0.3, 0.4) is 0 Å². The molecule has 1 atom stereocenters. The molecule has 0 bridgehead atoms. The molecule has 0 spiro atoms. The van der Waals surface area contributed by atoms with Gasteiger partial charge in [0, 0.05) is 15.8 Å². The number of carbonyl (C=O) groups is 1. The van der Waals surface area contributed by atoms with E-state index in [1.165, 1.54) is 24.5 Å². The van der Waals surface area contributed by atoms with E-state index in [1.54, 1.807) is 18.2 Å². The Labute approximate surface area is 192 Å². The maximum Gasteiger partial charge on any atom is 0.343 e. The predicted octanol–water partition coefficient (Wildman–Crippen LogP) is 4.07. The number of aryl methyl sites for hydroxylation is 1. The number of thiophene rings is 1. The highest BCUT2D eigenvalue weighted by Crippen LogP contribution is 2.31. The van der Waals surface area contributed by atoms with Gasteiger partial charge in [-0.25, -0.2) is 9.79 Å². The van der Waals surface area contributed by atoms with Gasteiger partial charge in [0.2, 0.25) is 0 Å². The zero-order chi connectivity index (χ0) is 23.1. The molecule has 0 saturated carbocycles. The van der Waals surface area contributed by atoms with E-state index in [0.717, 1.165) is 26.6 Å². The molecule has 9 heteroatoms. The SMILES string of the molecule is COC(=O)COC(N)=CC(=Nc1ccccc1C)c1ccc(-c2cccc(S(=O)[O-])c2)s1. The van der Waals surface area contributed by atoms with Gasteiger partial charge >= 0.3 is 5.97 Å². The molecule has 0 amide bonds. The third kappa shape index (κ3) is 6.13. The van der Waals surface area contributed by atoms with Gasteiger partial charge in [-0.3, -0.25) is 4.21 Å². The Kier molecular flexibility index (Phi) is 7.93. The minimum atomic E-state index is -2.31. The fraction of sp³-hybridized carbons (Fsp3) is 0.130. The first kappa shape index (κ1) is 23.4. The van der Waals surface area contributed by atoms with Crippen molar-refractivity contribution in [1.29, 1.82) is 0 Å². The summed E-state index contributed by atoms with van der Waals surface area (Å²) in [5.41, 5.74) is 9.03. The summed E-state index contributed by atoms with van der Waals surface area (Å²) in [6, 6.07) is 18.1. The Bertz CT molecular complexity index is 1200. The maximum atomic E-state index is 11.3. The van der Waals surface area contributed by atoms with Crippen LogP contribution in [-0.4, -0.2) is 34.2 Å². The molecule has 1 heterocycles. The molecular formula is C23H21N2O5S2-. The second-order valence-electron chi connectivity index (χ2n) is 6.62. The summed E-state index contributed by atoms with van der Waals surface area (Å²) in [4.78, 5) is 18.0. The van der Waals surface area contributed by atoms with E-state index in [9.17, 15) is 13.6 Å². The Morgan fingerprint density at radius 3 is 2.69 bits per heavy atom. The van der Waals surface area contributed by atoms with Crippen molar-refractivity contribution in [2.75, 3.05) is 13.7 Å². The minimum Gasteiger partial charge on any atom is -0.768 e. The fourth-order valence-corrected chi connectivity index (χ4v) is 4.11. The van der Waals surface area contributed by atoms with Gasteiger partial charge < -0.3 is 19.8 Å². The molecule has 1 unspecified atom stereocenters. The smallest absolute Gasteiger partial charge is 0.343 e. The summed E-state index contributed by atoms with van der Waals surface area (Å²) < 4.78 is 32.4. The van der Waals surface area contributed by atoms with Crippen LogP contribution in [0.2, 0.25) is 0 Å². The van der Waals surface area contributed by atoms with Crippen LogP contribution < -0.4 is 5.73 Å². The monoisotopic (exact) mass is 469 g/mol. The Morgan fingerprint density at radius 2 is 1.97 bits per heavy atom. The second-order valence-corrected chi connectivity index (χ2v) is 8.65. The number of nitrogens with zero attached hydrogens (tertiary/aromatic N) is 1. The van der Waals surface area contributed by atoms with Crippen LogP contribution in [0.1, 0.15) is 10.4 Å². The number of nitrogens with two attached hydrogens (primary N) is 1. The molecule has 3 rings (SSSR count). The largest absolute Gasteiger partial charge is 0.768 e. The van der Waals surface area contributed by atoms with E-state index >= 15 is 0 Å². The van der Waals surface area contributed by atoms with Crippen molar-refractivity contribution >= 4 is 39.8 Å². The first-order valence-electron chi connectivity index (χ1n) is 9.48. The third-order valence-corrected chi connectivity index (χ3v) is 6.18. The van der Waals surface area contributed by atoms with E-state index in [4.69, 9.17) is 15.5 Å². The van der Waals surface area contributed by atoms with Gasteiger partial charge in [-0.15, -0.1) is 11.3 Å². The van der Waals surface area contributed by atoms with Crippen molar-refractivity contribution in [1.82, 2.24) is 0 Å². The minimum absolute atomic E-state index is 0.0152. The first-order valence-corrected chi connectivity index (χ1v) is 11.4. The molecule has 32 heavy (non-hydrogen) atoms. The summed E-state index contributed by atoms with van der Waals surface area (Å²) in [7, 11) is 1.27. The normalized spacial score (nSPS) is 13.0. The Balaban J connectivity index is 1.99. The molecule has 0 aliphatic heterocycles. The molecule has 3 aromatic rings. The zero-order valence-corrected chi connectivity index (χ0v) is 19.1. The number of benzene rings is 2. The van der Waals surface area contributed by atoms with Gasteiger partial charge in [-0.05, 0) is 59.5 Å². The van der Waals surface area contributed by atoms with Gasteiger partial charge in [0.05, 0.1) is 23.4 Å². The van der Waals surface area contributed by atoms with E-state index in [2.05, 4.69) is 4.74 Å². The molecule has 1 aromatic heterocycles. The highest BCUT2D eigenvalue weighted by molar-refractivity contribution is 7.79. The van der Waals surface area contributed by atoms with Crippen molar-refractivity contribution < 1.29 is 23.0 Å². The lowest BCUT2D eigenvalue weighted by Crippen LogP contribution is -2.14. The predicted molar refractivity (Wildman–Crippen MR) is 125 cm³/mol. The van der Waals surface area contributed by atoms with Crippen molar-refractivity contribution in [3.8, 4) is 10.4 Å². The summed E-state index contributed by atoms with van der Waals surface area (Å²) in [5.74, 6) is -0.533. The lowest BCUT2D eigenvalue weighted by molar-refractivity contribution is -0.144. The van der Waals surface area contributed by atoms with Crippen molar-refractivity contribution in [2.45, 2.75) is 11.8 Å². The fourth-order valence-electron chi connectivity index (χ4n) is 2.74. The molecular weight excluding hydrogens is 448 g/mol. The molecule has 0 radical (unpaired) electrons. The van der Waals surface area contributed by atoms with Crippen molar-refractivity contribution in [3.63, 3.8) is 0 Å². The number of esters is 1. The van der Waals surface area contributed by atoms with Gasteiger partial charge in [0.25, 0.3) is 0 Å². The van der Waals surface area contributed by atoms with Crippen LogP contribution in [0.25, 0.3) is 10.4 Å². The van der Waals surface area contributed by atoms with Gasteiger partial charge in [-0.2, -0.15) is 0 Å². The molecule has 166 valence electrons. The maximum absolute atomic E-state index is 11.3. The summed E-state index contributed by atoms with van der Waals surface area (Å²) in [6.07, 6.45) is 1.55. The highest BCUT2D eigenvalue weighted by Gasteiger charge is 2.11. The number of aliphatic imine (C=N–C) groups is 1. The summed E-state index contributed by atoms with van der Waals surface area (Å²) in [5, 5.41) is 0. The number of hydrogen-bond acceptors (Lipinski definition) is 8. The number of rotatable bonds is 8. The second kappa shape index (κ2) is 10.9.